The normalized spacial score (nSPS) is 16.6. The minimum Gasteiger partial charge on any atom is -0.507 e. The minimum atomic E-state index is 0.175. The molecule has 0 aliphatic carbocycles. The van der Waals surface area contributed by atoms with Crippen molar-refractivity contribution in [3.63, 3.8) is 0 Å². The lowest BCUT2D eigenvalue weighted by Crippen LogP contribution is -1.79. The summed E-state index contributed by atoms with van der Waals surface area (Å²) in [5.41, 5.74) is 1.29. The lowest BCUT2D eigenvalue weighted by molar-refractivity contribution is 0.423. The van der Waals surface area contributed by atoms with E-state index in [1.807, 2.05) is 12.1 Å². The smallest absolute Gasteiger partial charge is 0.123 e. The van der Waals surface area contributed by atoms with Crippen molar-refractivity contribution in [3.05, 3.63) is 48.5 Å². The van der Waals surface area contributed by atoms with Gasteiger partial charge in [-0.25, -0.2) is 0 Å². The van der Waals surface area contributed by atoms with Crippen LogP contribution in [0.25, 0.3) is 11.1 Å². The van der Waals surface area contributed by atoms with Gasteiger partial charge >= 0.3 is 0 Å². The van der Waals surface area contributed by atoms with Gasteiger partial charge in [-0.15, -0.1) is 0 Å². The Bertz CT molecular complexity index is 475. The van der Waals surface area contributed by atoms with Crippen LogP contribution in [0, 0.1) is 0 Å². The number of phenolic OH excluding ortho intramolecular Hbond substituents is 2. The highest BCUT2D eigenvalue weighted by atomic mass is 16.6. The molecule has 1 unspecified atom stereocenters. The molecule has 0 bridgehead atoms. The third-order valence-corrected chi connectivity index (χ3v) is 2.60. The molecular formula is C15H16O3. The van der Waals surface area contributed by atoms with Crippen LogP contribution in [0.4, 0.5) is 0 Å². The van der Waals surface area contributed by atoms with E-state index in [4.69, 9.17) is 4.74 Å². The predicted molar refractivity (Wildman–Crippen MR) is 70.6 cm³/mol. The molecule has 1 atom stereocenters. The zero-order valence-electron chi connectivity index (χ0n) is 10.2. The second-order valence-electron chi connectivity index (χ2n) is 4.18. The van der Waals surface area contributed by atoms with Gasteiger partial charge in [0.2, 0.25) is 0 Å². The molecule has 3 nitrogen and oxygen atoms in total. The number of aromatic hydroxyl groups is 2. The van der Waals surface area contributed by atoms with Gasteiger partial charge in [0.25, 0.3) is 0 Å². The topological polar surface area (TPSA) is 53.0 Å². The summed E-state index contributed by atoms with van der Waals surface area (Å²) in [4.78, 5) is 0. The van der Waals surface area contributed by atoms with Crippen molar-refractivity contribution in [2.45, 2.75) is 13.0 Å². The molecule has 3 heteroatoms. The molecule has 1 heterocycles. The van der Waals surface area contributed by atoms with Gasteiger partial charge in [0.15, 0.2) is 0 Å². The second-order valence-corrected chi connectivity index (χ2v) is 4.18. The standard InChI is InChI=1S/C12H10O2.C3H6O/c13-11-7-3-1-5-9(11)10-6-2-4-8-12(10)14;1-3-2-4-3/h1-8,13-14H;3H,2H2,1H3. The van der Waals surface area contributed by atoms with E-state index >= 15 is 0 Å². The predicted octanol–water partition coefficient (Wildman–Crippen LogP) is 3.17. The largest absolute Gasteiger partial charge is 0.507 e. The van der Waals surface area contributed by atoms with Gasteiger partial charge in [-0.1, -0.05) is 36.4 Å². The van der Waals surface area contributed by atoms with Crippen LogP contribution in [0.1, 0.15) is 6.92 Å². The number of hydrogen-bond donors (Lipinski definition) is 2. The van der Waals surface area contributed by atoms with Crippen molar-refractivity contribution >= 4 is 0 Å². The molecule has 0 radical (unpaired) electrons. The van der Waals surface area contributed by atoms with E-state index in [9.17, 15) is 10.2 Å². The van der Waals surface area contributed by atoms with Gasteiger partial charge in [-0.2, -0.15) is 0 Å². The Morgan fingerprint density at radius 3 is 1.50 bits per heavy atom. The zero-order chi connectivity index (χ0) is 13.0. The van der Waals surface area contributed by atoms with E-state index < -0.39 is 0 Å². The highest BCUT2D eigenvalue weighted by molar-refractivity contribution is 5.74. The Balaban J connectivity index is 0.000000256. The molecule has 2 N–H and O–H groups in total. The molecule has 0 saturated carbocycles. The zero-order valence-corrected chi connectivity index (χ0v) is 10.2. The summed E-state index contributed by atoms with van der Waals surface area (Å²) in [7, 11) is 0. The van der Waals surface area contributed by atoms with Crippen molar-refractivity contribution in [2.75, 3.05) is 6.61 Å². The Kier molecular flexibility index (Phi) is 3.85. The first-order chi connectivity index (χ1) is 8.68. The number of ether oxygens (including phenoxy) is 1. The summed E-state index contributed by atoms with van der Waals surface area (Å²) in [6.45, 7) is 3.04. The van der Waals surface area contributed by atoms with Gasteiger partial charge in [0.05, 0.1) is 12.7 Å². The number of phenols is 2. The summed E-state index contributed by atoms with van der Waals surface area (Å²) in [5.74, 6) is 0.350. The van der Waals surface area contributed by atoms with Crippen LogP contribution in [-0.2, 0) is 4.74 Å². The van der Waals surface area contributed by atoms with Gasteiger partial charge in [-0.3, -0.25) is 0 Å². The fraction of sp³-hybridized carbons (Fsp3) is 0.200. The maximum absolute atomic E-state index is 9.58. The van der Waals surface area contributed by atoms with Crippen LogP contribution in [-0.4, -0.2) is 22.9 Å². The highest BCUT2D eigenvalue weighted by Crippen LogP contribution is 2.34. The van der Waals surface area contributed by atoms with E-state index in [0.717, 1.165) is 6.61 Å². The number of para-hydroxylation sites is 2. The molecule has 0 amide bonds. The van der Waals surface area contributed by atoms with Crippen molar-refractivity contribution in [1.29, 1.82) is 0 Å². The number of benzene rings is 2. The summed E-state index contributed by atoms with van der Waals surface area (Å²) in [6.07, 6.45) is 0.583. The molecule has 1 aliphatic heterocycles. The lowest BCUT2D eigenvalue weighted by atomic mass is 10.0. The van der Waals surface area contributed by atoms with Crippen molar-refractivity contribution in [1.82, 2.24) is 0 Å². The van der Waals surface area contributed by atoms with Crippen molar-refractivity contribution in [3.8, 4) is 22.6 Å². The molecule has 3 rings (SSSR count). The molecule has 0 aromatic heterocycles. The summed E-state index contributed by atoms with van der Waals surface area (Å²) in [5, 5.41) is 19.2. The fourth-order valence-electron chi connectivity index (χ4n) is 1.50. The summed E-state index contributed by atoms with van der Waals surface area (Å²) in [6, 6.07) is 13.9. The van der Waals surface area contributed by atoms with E-state index in [0.29, 0.717) is 17.2 Å². The number of hydrogen-bond acceptors (Lipinski definition) is 3. The van der Waals surface area contributed by atoms with E-state index in [-0.39, 0.29) is 11.5 Å². The number of rotatable bonds is 1. The van der Waals surface area contributed by atoms with Crippen LogP contribution in [0.15, 0.2) is 48.5 Å². The van der Waals surface area contributed by atoms with Gasteiger partial charge < -0.3 is 14.9 Å². The highest BCUT2D eigenvalue weighted by Gasteiger charge is 2.13. The van der Waals surface area contributed by atoms with Gasteiger partial charge in [0, 0.05) is 11.1 Å². The van der Waals surface area contributed by atoms with Crippen LogP contribution in [0.2, 0.25) is 0 Å². The van der Waals surface area contributed by atoms with E-state index in [1.165, 1.54) is 0 Å². The molecular weight excluding hydrogens is 228 g/mol. The molecule has 0 spiro atoms. The Morgan fingerprint density at radius 1 is 0.889 bits per heavy atom. The molecule has 1 saturated heterocycles. The first-order valence-corrected chi connectivity index (χ1v) is 5.86. The Labute approximate surface area is 106 Å². The average molecular weight is 244 g/mol. The fourth-order valence-corrected chi connectivity index (χ4v) is 1.50. The van der Waals surface area contributed by atoms with E-state index in [2.05, 4.69) is 6.92 Å². The minimum absolute atomic E-state index is 0.175. The van der Waals surface area contributed by atoms with E-state index in [1.54, 1.807) is 36.4 Å². The first-order valence-electron chi connectivity index (χ1n) is 5.86. The first kappa shape index (κ1) is 12.5. The lowest BCUT2D eigenvalue weighted by Gasteiger charge is -2.05. The maximum atomic E-state index is 9.58. The maximum Gasteiger partial charge on any atom is 0.123 e. The summed E-state index contributed by atoms with van der Waals surface area (Å²) < 4.78 is 4.71. The third kappa shape index (κ3) is 3.25. The molecule has 94 valence electrons. The average Bonchev–Trinajstić information content (AvgIpc) is 3.14. The Hall–Kier alpha value is -2.00. The Morgan fingerprint density at radius 2 is 1.22 bits per heavy atom. The summed E-state index contributed by atoms with van der Waals surface area (Å²) >= 11 is 0. The SMILES string of the molecule is CC1CO1.Oc1ccccc1-c1ccccc1O. The van der Waals surface area contributed by atoms with Crippen LogP contribution < -0.4 is 0 Å². The van der Waals surface area contributed by atoms with Crippen molar-refractivity contribution < 1.29 is 14.9 Å². The van der Waals surface area contributed by atoms with Crippen molar-refractivity contribution in [2.24, 2.45) is 0 Å². The molecule has 18 heavy (non-hydrogen) atoms. The number of epoxide rings is 1. The second kappa shape index (κ2) is 5.56. The van der Waals surface area contributed by atoms with Crippen LogP contribution in [0.3, 0.4) is 0 Å². The van der Waals surface area contributed by atoms with Gasteiger partial charge in [0.1, 0.15) is 11.5 Å². The monoisotopic (exact) mass is 244 g/mol. The third-order valence-electron chi connectivity index (χ3n) is 2.60. The molecule has 1 fully saturated rings. The molecule has 1 aliphatic rings. The van der Waals surface area contributed by atoms with Gasteiger partial charge in [-0.05, 0) is 19.1 Å². The molecule has 2 aromatic carbocycles. The van der Waals surface area contributed by atoms with Crippen LogP contribution >= 0.6 is 0 Å². The molecule has 2 aromatic rings. The quantitative estimate of drug-likeness (QED) is 0.757. The van der Waals surface area contributed by atoms with Crippen LogP contribution in [0.5, 0.6) is 11.5 Å².